The summed E-state index contributed by atoms with van der Waals surface area (Å²) in [5.74, 6) is -1.44. The summed E-state index contributed by atoms with van der Waals surface area (Å²) in [6.45, 7) is 16.1. The number of amides is 3. The Hall–Kier alpha value is -2.43. The average Bonchev–Trinajstić information content (AvgIpc) is 2.76. The quantitative estimate of drug-likeness (QED) is 0.297. The van der Waals surface area contributed by atoms with Crippen molar-refractivity contribution in [3.05, 3.63) is 29.8 Å². The van der Waals surface area contributed by atoms with Gasteiger partial charge in [-0.05, 0) is 40.2 Å². The highest BCUT2D eigenvalue weighted by atomic mass is 28.4. The molecule has 198 valence electrons. The van der Waals surface area contributed by atoms with E-state index in [1.54, 1.807) is 38.1 Å². The molecule has 0 aromatic heterocycles. The van der Waals surface area contributed by atoms with Crippen LogP contribution < -0.4 is 16.4 Å². The van der Waals surface area contributed by atoms with E-state index >= 15 is 0 Å². The van der Waals surface area contributed by atoms with E-state index < -0.39 is 38.4 Å². The number of nitrogens with two attached hydrogens (primary N) is 1. The first-order valence-electron chi connectivity index (χ1n) is 12.2. The highest BCUT2D eigenvalue weighted by Gasteiger charge is 2.46. The molecule has 0 spiro atoms. The summed E-state index contributed by atoms with van der Waals surface area (Å²) < 4.78 is 11.6. The third-order valence-electron chi connectivity index (χ3n) is 6.35. The standard InChI is InChI=1S/C25H43N3O6Si/c1-15(2)22(34-25(26)32)24(31)28-21(14-33-35(16(3)4,17(5)6)18(7)8)23(30)27-20-11-9-19(13-29)10-12-20/h9-12,15-18,21-22,29H,13-14H2,1-8H3,(H2,26,32)(H,27,30)(H,28,31)/t21-,22-/m0/s1. The summed E-state index contributed by atoms with van der Waals surface area (Å²) in [5, 5.41) is 14.8. The smallest absolute Gasteiger partial charge is 0.405 e. The van der Waals surface area contributed by atoms with E-state index in [0.717, 1.165) is 0 Å². The van der Waals surface area contributed by atoms with E-state index in [1.807, 2.05) is 0 Å². The van der Waals surface area contributed by atoms with Crippen molar-refractivity contribution >= 4 is 31.9 Å². The minimum Gasteiger partial charge on any atom is -0.436 e. The molecule has 0 saturated carbocycles. The zero-order chi connectivity index (χ0) is 26.9. The molecule has 10 heteroatoms. The molecule has 35 heavy (non-hydrogen) atoms. The fraction of sp³-hybridized carbons (Fsp3) is 0.640. The van der Waals surface area contributed by atoms with Crippen LogP contribution in [0.5, 0.6) is 0 Å². The second-order valence-electron chi connectivity index (χ2n) is 10.1. The summed E-state index contributed by atoms with van der Waals surface area (Å²) in [6.07, 6.45) is -2.21. The van der Waals surface area contributed by atoms with Gasteiger partial charge in [0, 0.05) is 5.69 Å². The van der Waals surface area contributed by atoms with Gasteiger partial charge in [-0.2, -0.15) is 0 Å². The Morgan fingerprint density at radius 2 is 1.43 bits per heavy atom. The largest absolute Gasteiger partial charge is 0.436 e. The molecule has 0 fully saturated rings. The molecule has 0 aliphatic heterocycles. The van der Waals surface area contributed by atoms with Crippen molar-refractivity contribution in [3.8, 4) is 0 Å². The van der Waals surface area contributed by atoms with Crippen LogP contribution in [-0.4, -0.2) is 50.1 Å². The highest BCUT2D eigenvalue weighted by Crippen LogP contribution is 2.42. The van der Waals surface area contributed by atoms with Gasteiger partial charge in [-0.1, -0.05) is 67.5 Å². The van der Waals surface area contributed by atoms with Gasteiger partial charge in [0.15, 0.2) is 14.4 Å². The van der Waals surface area contributed by atoms with E-state index in [2.05, 4.69) is 52.2 Å². The second kappa shape index (κ2) is 13.6. The molecule has 0 bridgehead atoms. The molecule has 0 radical (unpaired) electrons. The highest BCUT2D eigenvalue weighted by molar-refractivity contribution is 6.77. The number of ether oxygens (including phenoxy) is 1. The van der Waals surface area contributed by atoms with Gasteiger partial charge in [-0.15, -0.1) is 0 Å². The van der Waals surface area contributed by atoms with E-state index in [4.69, 9.17) is 14.9 Å². The second-order valence-corrected chi connectivity index (χ2v) is 15.6. The molecule has 9 nitrogen and oxygen atoms in total. The summed E-state index contributed by atoms with van der Waals surface area (Å²) >= 11 is 0. The minimum absolute atomic E-state index is 0.0194. The van der Waals surface area contributed by atoms with Gasteiger partial charge >= 0.3 is 6.09 Å². The van der Waals surface area contributed by atoms with Gasteiger partial charge in [0.25, 0.3) is 5.91 Å². The Kier molecular flexibility index (Phi) is 11.9. The maximum atomic E-state index is 13.3. The number of hydrogen-bond acceptors (Lipinski definition) is 6. The van der Waals surface area contributed by atoms with Crippen LogP contribution in [0.4, 0.5) is 10.5 Å². The number of carbonyl (C=O) groups is 3. The fourth-order valence-electron chi connectivity index (χ4n) is 4.70. The Balaban J connectivity index is 3.23. The lowest BCUT2D eigenvalue weighted by molar-refractivity contribution is -0.135. The molecule has 0 saturated heterocycles. The number of hydrogen-bond donors (Lipinski definition) is 4. The number of aliphatic hydroxyl groups is 1. The number of primary amides is 1. The monoisotopic (exact) mass is 509 g/mol. The molecule has 1 aromatic rings. The van der Waals surface area contributed by atoms with Gasteiger partial charge in [0.05, 0.1) is 13.2 Å². The molecule has 3 amide bonds. The molecular weight excluding hydrogens is 466 g/mol. The van der Waals surface area contributed by atoms with Crippen LogP contribution in [0.15, 0.2) is 24.3 Å². The lowest BCUT2D eigenvalue weighted by Crippen LogP contribution is -2.55. The molecule has 0 heterocycles. The van der Waals surface area contributed by atoms with Gasteiger partial charge in [-0.25, -0.2) is 4.79 Å². The Bertz CT molecular complexity index is 820. The average molecular weight is 510 g/mol. The topological polar surface area (TPSA) is 140 Å². The lowest BCUT2D eigenvalue weighted by Gasteiger charge is -2.43. The summed E-state index contributed by atoms with van der Waals surface area (Å²) in [7, 11) is -2.33. The number of benzene rings is 1. The first-order chi connectivity index (χ1) is 16.3. The Morgan fingerprint density at radius 3 is 1.83 bits per heavy atom. The van der Waals surface area contributed by atoms with E-state index in [-0.39, 0.29) is 35.8 Å². The van der Waals surface area contributed by atoms with E-state index in [9.17, 15) is 19.5 Å². The Labute approximate surface area is 210 Å². The molecule has 0 aliphatic rings. The maximum absolute atomic E-state index is 13.3. The van der Waals surface area contributed by atoms with Crippen molar-refractivity contribution in [1.82, 2.24) is 5.32 Å². The van der Waals surface area contributed by atoms with Crippen LogP contribution in [0.2, 0.25) is 16.6 Å². The number of anilines is 1. The molecule has 1 rings (SSSR count). The molecule has 5 N–H and O–H groups in total. The van der Waals surface area contributed by atoms with E-state index in [1.165, 1.54) is 0 Å². The third kappa shape index (κ3) is 8.33. The summed E-state index contributed by atoms with van der Waals surface area (Å²) in [6, 6.07) is 5.71. The predicted octanol–water partition coefficient (Wildman–Crippen LogP) is 3.91. The van der Waals surface area contributed by atoms with Crippen LogP contribution in [0.1, 0.15) is 61.0 Å². The van der Waals surface area contributed by atoms with Crippen molar-refractivity contribution in [2.75, 3.05) is 11.9 Å². The van der Waals surface area contributed by atoms with Gasteiger partial charge < -0.3 is 30.6 Å². The van der Waals surface area contributed by atoms with Crippen molar-refractivity contribution in [1.29, 1.82) is 0 Å². The van der Waals surface area contributed by atoms with Gasteiger partial charge in [0.2, 0.25) is 5.91 Å². The number of nitrogens with one attached hydrogen (secondary N) is 2. The van der Waals surface area contributed by atoms with Gasteiger partial charge in [0.1, 0.15) is 6.04 Å². The first kappa shape index (κ1) is 30.6. The summed E-state index contributed by atoms with van der Waals surface area (Å²) in [5.41, 5.74) is 7.23. The zero-order valence-corrected chi connectivity index (χ0v) is 23.3. The van der Waals surface area contributed by atoms with Crippen LogP contribution in [0.25, 0.3) is 0 Å². The number of rotatable bonds is 13. The third-order valence-corrected chi connectivity index (χ3v) is 12.4. The Morgan fingerprint density at radius 1 is 0.914 bits per heavy atom. The first-order valence-corrected chi connectivity index (χ1v) is 14.3. The molecule has 0 unspecified atom stereocenters. The minimum atomic E-state index is -2.33. The van der Waals surface area contributed by atoms with E-state index in [0.29, 0.717) is 11.3 Å². The van der Waals surface area contributed by atoms with Crippen molar-refractivity contribution < 1.29 is 28.7 Å². The molecular formula is C25H43N3O6Si. The van der Waals surface area contributed by atoms with Crippen molar-refractivity contribution in [2.45, 2.75) is 90.8 Å². The number of aliphatic hydroxyl groups excluding tert-OH is 1. The van der Waals surface area contributed by atoms with Crippen molar-refractivity contribution in [2.24, 2.45) is 11.7 Å². The normalized spacial score (nSPS) is 13.7. The molecule has 1 aromatic carbocycles. The summed E-state index contributed by atoms with van der Waals surface area (Å²) in [4.78, 5) is 37.6. The van der Waals surface area contributed by atoms with Crippen LogP contribution in [0.3, 0.4) is 0 Å². The predicted molar refractivity (Wildman–Crippen MR) is 139 cm³/mol. The van der Waals surface area contributed by atoms with Crippen molar-refractivity contribution in [3.63, 3.8) is 0 Å². The fourth-order valence-corrected chi connectivity index (χ4v) is 10.2. The molecule has 0 aliphatic carbocycles. The van der Waals surface area contributed by atoms with Gasteiger partial charge in [-0.3, -0.25) is 9.59 Å². The maximum Gasteiger partial charge on any atom is 0.405 e. The van der Waals surface area contributed by atoms with Crippen LogP contribution in [-0.2, 0) is 25.4 Å². The lowest BCUT2D eigenvalue weighted by atomic mass is 10.1. The van der Waals surface area contributed by atoms with Crippen LogP contribution in [0, 0.1) is 5.92 Å². The SMILES string of the molecule is CC(C)[C@H](OC(N)=O)C(=O)N[C@@H](CO[Si](C(C)C)(C(C)C)C(C)C)C(=O)Nc1ccc(CO)cc1. The number of carbonyl (C=O) groups excluding carboxylic acids is 3. The van der Waals surface area contributed by atoms with Crippen LogP contribution >= 0.6 is 0 Å². The zero-order valence-electron chi connectivity index (χ0n) is 22.3. The molecule has 2 atom stereocenters.